The second-order valence-electron chi connectivity index (χ2n) is 7.17. The van der Waals surface area contributed by atoms with E-state index in [9.17, 15) is 13.5 Å². The van der Waals surface area contributed by atoms with Gasteiger partial charge in [-0.15, -0.1) is 0 Å². The van der Waals surface area contributed by atoms with Crippen LogP contribution in [0.25, 0.3) is 22.2 Å². The normalized spacial score (nSPS) is 12.2. The van der Waals surface area contributed by atoms with Crippen molar-refractivity contribution >= 4 is 55.7 Å². The first-order valence-corrected chi connectivity index (χ1v) is 11.6. The zero-order valence-corrected chi connectivity index (χ0v) is 18.5. The van der Waals surface area contributed by atoms with Crippen molar-refractivity contribution in [3.05, 3.63) is 83.4 Å². The minimum atomic E-state index is -4.11. The number of phenolic OH excluding ortho intramolecular Hbond substituents is 1. The highest BCUT2D eigenvalue weighted by Gasteiger charge is 2.30. The van der Waals surface area contributed by atoms with Gasteiger partial charge in [0.1, 0.15) is 22.0 Å². The first kappa shape index (κ1) is 20.9. The smallest absolute Gasteiger partial charge is 0.212 e. The van der Waals surface area contributed by atoms with Gasteiger partial charge >= 0.3 is 0 Å². The number of fused-ring (bicyclic) bond motifs is 2. The fourth-order valence-corrected chi connectivity index (χ4v) is 5.26. The molecule has 0 radical (unpaired) electrons. The standard InChI is InChI=1S/C23H16ClN5O3S/c24-15-7-5-8-16(12-15)33(31,32)21-20-23(28-18-10-3-2-9-17(18)27-20)29(22(21)25)26-13-14-6-1-4-11-19(14)30/h1-13,30H,25H2/b26-13-. The van der Waals surface area contributed by atoms with Gasteiger partial charge in [0.15, 0.2) is 5.65 Å². The molecule has 0 aliphatic rings. The Kier molecular flexibility index (Phi) is 4.99. The maximum atomic E-state index is 13.6. The minimum Gasteiger partial charge on any atom is -0.507 e. The molecule has 3 aromatic carbocycles. The molecule has 0 aliphatic heterocycles. The van der Waals surface area contributed by atoms with Gasteiger partial charge in [-0.3, -0.25) is 0 Å². The van der Waals surface area contributed by atoms with Crippen LogP contribution in [0.15, 0.2) is 87.7 Å². The van der Waals surface area contributed by atoms with E-state index in [2.05, 4.69) is 15.1 Å². The predicted molar refractivity (Wildman–Crippen MR) is 127 cm³/mol. The average Bonchev–Trinajstić information content (AvgIpc) is 3.07. The molecule has 8 nitrogen and oxygen atoms in total. The third kappa shape index (κ3) is 3.57. The lowest BCUT2D eigenvalue weighted by Gasteiger charge is -2.05. The second-order valence-corrected chi connectivity index (χ2v) is 9.50. The number of aromatic nitrogens is 3. The Balaban J connectivity index is 1.82. The van der Waals surface area contributed by atoms with Crippen LogP contribution in [0.1, 0.15) is 5.56 Å². The van der Waals surface area contributed by atoms with E-state index in [1.165, 1.54) is 29.1 Å². The number of benzene rings is 3. The van der Waals surface area contributed by atoms with Crippen molar-refractivity contribution in [2.75, 3.05) is 5.73 Å². The van der Waals surface area contributed by atoms with Crippen LogP contribution in [0, 0.1) is 0 Å². The number of nitrogens with zero attached hydrogens (tertiary/aromatic N) is 4. The summed E-state index contributed by atoms with van der Waals surface area (Å²) in [6, 6.07) is 19.6. The van der Waals surface area contributed by atoms with E-state index in [0.717, 1.165) is 0 Å². The summed E-state index contributed by atoms with van der Waals surface area (Å²) in [6.45, 7) is 0. The molecule has 164 valence electrons. The van der Waals surface area contributed by atoms with Crippen LogP contribution in [0.5, 0.6) is 5.75 Å². The van der Waals surface area contributed by atoms with Gasteiger partial charge in [-0.1, -0.05) is 41.9 Å². The molecule has 3 N–H and O–H groups in total. The summed E-state index contributed by atoms with van der Waals surface area (Å²) in [5.41, 5.74) is 8.07. The van der Waals surface area contributed by atoms with Gasteiger partial charge in [0.2, 0.25) is 9.84 Å². The molecule has 0 fully saturated rings. The van der Waals surface area contributed by atoms with Crippen LogP contribution < -0.4 is 5.73 Å². The Bertz CT molecular complexity index is 1680. The Morgan fingerprint density at radius 1 is 0.970 bits per heavy atom. The number of nitrogens with two attached hydrogens (primary N) is 1. The molecule has 0 saturated carbocycles. The molecule has 2 aromatic heterocycles. The minimum absolute atomic E-state index is 0.0135. The Morgan fingerprint density at radius 3 is 2.39 bits per heavy atom. The largest absolute Gasteiger partial charge is 0.507 e. The summed E-state index contributed by atoms with van der Waals surface area (Å²) in [5, 5.41) is 14.7. The van der Waals surface area contributed by atoms with Gasteiger partial charge in [0.05, 0.1) is 22.1 Å². The number of sulfone groups is 1. The molecule has 0 amide bonds. The zero-order chi connectivity index (χ0) is 23.2. The number of phenols is 1. The van der Waals surface area contributed by atoms with E-state index < -0.39 is 9.84 Å². The average molecular weight is 478 g/mol. The number of hydrogen-bond acceptors (Lipinski definition) is 7. The molecule has 5 rings (SSSR count). The quantitative estimate of drug-likeness (QED) is 0.373. The second kappa shape index (κ2) is 7.88. The maximum absolute atomic E-state index is 13.6. The molecular formula is C23H16ClN5O3S. The van der Waals surface area contributed by atoms with Crippen molar-refractivity contribution < 1.29 is 13.5 Å². The lowest BCUT2D eigenvalue weighted by atomic mass is 10.2. The molecular weight excluding hydrogens is 462 g/mol. The highest BCUT2D eigenvalue weighted by Crippen LogP contribution is 2.35. The molecule has 0 bridgehead atoms. The van der Waals surface area contributed by atoms with E-state index in [4.69, 9.17) is 17.3 Å². The van der Waals surface area contributed by atoms with E-state index >= 15 is 0 Å². The number of para-hydroxylation sites is 3. The molecule has 0 aliphatic carbocycles. The third-order valence-corrected chi connectivity index (χ3v) is 7.10. The Hall–Kier alpha value is -3.95. The Morgan fingerprint density at radius 2 is 1.67 bits per heavy atom. The van der Waals surface area contributed by atoms with Crippen molar-refractivity contribution in [2.24, 2.45) is 5.10 Å². The van der Waals surface area contributed by atoms with E-state index in [1.807, 2.05) is 0 Å². The van der Waals surface area contributed by atoms with Crippen LogP contribution in [0.4, 0.5) is 5.82 Å². The predicted octanol–water partition coefficient (Wildman–Crippen LogP) is 4.24. The fourth-order valence-electron chi connectivity index (χ4n) is 3.47. The van der Waals surface area contributed by atoms with Crippen molar-refractivity contribution in [1.82, 2.24) is 14.6 Å². The molecule has 0 unspecified atom stereocenters. The van der Waals surface area contributed by atoms with Gasteiger partial charge < -0.3 is 10.8 Å². The molecule has 0 spiro atoms. The molecule has 0 atom stereocenters. The first-order valence-electron chi connectivity index (χ1n) is 9.76. The van der Waals surface area contributed by atoms with E-state index in [-0.39, 0.29) is 37.5 Å². The summed E-state index contributed by atoms with van der Waals surface area (Å²) in [7, 11) is -4.11. The lowest BCUT2D eigenvalue weighted by Crippen LogP contribution is -2.06. The van der Waals surface area contributed by atoms with Crippen molar-refractivity contribution in [3.8, 4) is 5.75 Å². The SMILES string of the molecule is Nc1c(S(=O)(=O)c2cccc(Cl)c2)c2nc3ccccc3nc2n1/N=C\c1ccccc1O. The van der Waals surface area contributed by atoms with Crippen LogP contribution in [-0.2, 0) is 9.84 Å². The van der Waals surface area contributed by atoms with Crippen LogP contribution in [0.2, 0.25) is 5.02 Å². The zero-order valence-electron chi connectivity index (χ0n) is 16.9. The van der Waals surface area contributed by atoms with Gasteiger partial charge in [0.25, 0.3) is 0 Å². The number of anilines is 1. The fraction of sp³-hybridized carbons (Fsp3) is 0. The number of nitrogen functional groups attached to an aromatic ring is 1. The monoisotopic (exact) mass is 477 g/mol. The van der Waals surface area contributed by atoms with E-state index in [0.29, 0.717) is 16.6 Å². The topological polar surface area (TPSA) is 123 Å². The highest BCUT2D eigenvalue weighted by atomic mass is 35.5. The first-order chi connectivity index (χ1) is 15.9. The molecule has 10 heteroatoms. The number of halogens is 1. The summed E-state index contributed by atoms with van der Waals surface area (Å²) < 4.78 is 28.4. The van der Waals surface area contributed by atoms with Crippen LogP contribution in [0.3, 0.4) is 0 Å². The highest BCUT2D eigenvalue weighted by molar-refractivity contribution is 7.92. The van der Waals surface area contributed by atoms with Gasteiger partial charge in [-0.2, -0.15) is 9.78 Å². The van der Waals surface area contributed by atoms with Gasteiger partial charge in [-0.25, -0.2) is 18.4 Å². The summed E-state index contributed by atoms with van der Waals surface area (Å²) in [5.74, 6) is -0.147. The summed E-state index contributed by atoms with van der Waals surface area (Å²) >= 11 is 6.04. The van der Waals surface area contributed by atoms with Crippen LogP contribution >= 0.6 is 11.6 Å². The summed E-state index contributed by atoms with van der Waals surface area (Å²) in [6.07, 6.45) is 1.37. The van der Waals surface area contributed by atoms with Gasteiger partial charge in [0, 0.05) is 10.6 Å². The van der Waals surface area contributed by atoms with Crippen molar-refractivity contribution in [2.45, 2.75) is 9.79 Å². The van der Waals surface area contributed by atoms with Crippen LogP contribution in [-0.4, -0.2) is 34.4 Å². The molecule has 5 aromatic rings. The third-order valence-electron chi connectivity index (χ3n) is 5.05. The number of hydrogen-bond donors (Lipinski definition) is 2. The lowest BCUT2D eigenvalue weighted by molar-refractivity contribution is 0.474. The summed E-state index contributed by atoms with van der Waals surface area (Å²) in [4.78, 5) is 8.88. The number of aromatic hydroxyl groups is 1. The maximum Gasteiger partial charge on any atom is 0.212 e. The van der Waals surface area contributed by atoms with Gasteiger partial charge in [-0.05, 0) is 42.5 Å². The molecule has 2 heterocycles. The number of rotatable bonds is 4. The molecule has 33 heavy (non-hydrogen) atoms. The van der Waals surface area contributed by atoms with Crippen molar-refractivity contribution in [3.63, 3.8) is 0 Å². The van der Waals surface area contributed by atoms with E-state index in [1.54, 1.807) is 54.6 Å². The molecule has 0 saturated heterocycles. The van der Waals surface area contributed by atoms with Crippen molar-refractivity contribution in [1.29, 1.82) is 0 Å². The Labute approximate surface area is 193 Å².